The van der Waals surface area contributed by atoms with Crippen LogP contribution in [0.2, 0.25) is 0 Å². The number of rotatable bonds is 9. The largest absolute Gasteiger partial charge is 0.381 e. The zero-order valence-electron chi connectivity index (χ0n) is 18.7. The molecule has 2 rings (SSSR count). The van der Waals surface area contributed by atoms with Gasteiger partial charge in [0.2, 0.25) is 0 Å². The molecule has 0 aromatic carbocycles. The number of hydrogen-bond donors (Lipinski definition) is 2. The Kier molecular flexibility index (Phi) is 12.9. The number of likely N-dealkylation sites (tertiary alicyclic amines) is 1. The standard InChI is InChI=1S/C21H43N5O.HI/c1-17(2)26(18(3)4)11-6-10-23-21(22-5)24-20-7-12-25(13-8-20)15-19-9-14-27-16-19;/h17-20H,6-16H2,1-5H3,(H2,22,23,24);1H. The lowest BCUT2D eigenvalue weighted by Crippen LogP contribution is -2.49. The molecular weight excluding hydrogens is 465 g/mol. The first-order valence-electron chi connectivity index (χ1n) is 11.0. The van der Waals surface area contributed by atoms with Crippen molar-refractivity contribution in [3.8, 4) is 0 Å². The van der Waals surface area contributed by atoms with Crippen molar-refractivity contribution in [1.82, 2.24) is 20.4 Å². The Morgan fingerprint density at radius 3 is 2.36 bits per heavy atom. The molecule has 0 radical (unpaired) electrons. The number of nitrogens with zero attached hydrogens (tertiary/aromatic N) is 3. The molecule has 2 fully saturated rings. The molecule has 0 aromatic heterocycles. The first-order chi connectivity index (χ1) is 13.0. The lowest BCUT2D eigenvalue weighted by atomic mass is 10.0. The average molecular weight is 510 g/mol. The second kappa shape index (κ2) is 14.0. The van der Waals surface area contributed by atoms with E-state index in [0.717, 1.165) is 44.6 Å². The highest BCUT2D eigenvalue weighted by Crippen LogP contribution is 2.17. The highest BCUT2D eigenvalue weighted by molar-refractivity contribution is 14.0. The van der Waals surface area contributed by atoms with Crippen LogP contribution in [0.15, 0.2) is 4.99 Å². The van der Waals surface area contributed by atoms with Crippen LogP contribution in [0.5, 0.6) is 0 Å². The van der Waals surface area contributed by atoms with Crippen LogP contribution in [0.4, 0.5) is 0 Å². The fraction of sp³-hybridized carbons (Fsp3) is 0.952. The highest BCUT2D eigenvalue weighted by atomic mass is 127. The van der Waals surface area contributed by atoms with Gasteiger partial charge in [-0.3, -0.25) is 9.89 Å². The minimum atomic E-state index is 0. The average Bonchev–Trinajstić information content (AvgIpc) is 3.14. The minimum absolute atomic E-state index is 0. The Bertz CT molecular complexity index is 425. The van der Waals surface area contributed by atoms with Gasteiger partial charge in [-0.05, 0) is 59.3 Å². The fourth-order valence-electron chi connectivity index (χ4n) is 4.32. The SMILES string of the molecule is CN=C(NCCCN(C(C)C)C(C)C)NC1CCN(CC2CCOC2)CC1.I. The predicted molar refractivity (Wildman–Crippen MR) is 130 cm³/mol. The van der Waals surface area contributed by atoms with Crippen LogP contribution in [0.25, 0.3) is 0 Å². The van der Waals surface area contributed by atoms with Gasteiger partial charge in [0.25, 0.3) is 0 Å². The number of halogens is 1. The topological polar surface area (TPSA) is 52.1 Å². The van der Waals surface area contributed by atoms with Crippen molar-refractivity contribution in [2.45, 2.75) is 71.5 Å². The van der Waals surface area contributed by atoms with Crippen LogP contribution in [-0.2, 0) is 4.74 Å². The van der Waals surface area contributed by atoms with Crippen molar-refractivity contribution in [3.05, 3.63) is 0 Å². The lowest BCUT2D eigenvalue weighted by molar-refractivity contribution is 0.150. The van der Waals surface area contributed by atoms with Crippen molar-refractivity contribution in [2.75, 3.05) is 53.0 Å². The molecular formula is C21H44IN5O. The van der Waals surface area contributed by atoms with E-state index in [4.69, 9.17) is 4.74 Å². The van der Waals surface area contributed by atoms with E-state index >= 15 is 0 Å². The van der Waals surface area contributed by atoms with E-state index in [1.165, 1.54) is 38.9 Å². The summed E-state index contributed by atoms with van der Waals surface area (Å²) in [4.78, 5) is 9.58. The van der Waals surface area contributed by atoms with E-state index in [1.54, 1.807) is 0 Å². The molecule has 2 heterocycles. The van der Waals surface area contributed by atoms with Crippen molar-refractivity contribution < 1.29 is 4.74 Å². The molecule has 2 N–H and O–H groups in total. The maximum Gasteiger partial charge on any atom is 0.191 e. The smallest absolute Gasteiger partial charge is 0.191 e. The molecule has 7 heteroatoms. The van der Waals surface area contributed by atoms with Crippen LogP contribution in [0.3, 0.4) is 0 Å². The van der Waals surface area contributed by atoms with Crippen LogP contribution in [0.1, 0.15) is 53.4 Å². The van der Waals surface area contributed by atoms with E-state index in [2.05, 4.69) is 53.1 Å². The first kappa shape index (κ1) is 25.9. The number of piperidine rings is 1. The molecule has 0 aliphatic carbocycles. The number of aliphatic imine (C=N–C) groups is 1. The third-order valence-electron chi connectivity index (χ3n) is 5.90. The summed E-state index contributed by atoms with van der Waals surface area (Å²) in [6, 6.07) is 1.74. The van der Waals surface area contributed by atoms with Crippen molar-refractivity contribution >= 4 is 29.9 Å². The van der Waals surface area contributed by atoms with Gasteiger partial charge >= 0.3 is 0 Å². The molecule has 28 heavy (non-hydrogen) atoms. The molecule has 1 atom stereocenters. The number of hydrogen-bond acceptors (Lipinski definition) is 4. The second-order valence-corrected chi connectivity index (χ2v) is 8.73. The monoisotopic (exact) mass is 509 g/mol. The van der Waals surface area contributed by atoms with Crippen LogP contribution in [-0.4, -0.2) is 86.9 Å². The molecule has 0 bridgehead atoms. The maximum absolute atomic E-state index is 5.51. The van der Waals surface area contributed by atoms with Crippen LogP contribution >= 0.6 is 24.0 Å². The maximum atomic E-state index is 5.51. The van der Waals surface area contributed by atoms with Gasteiger partial charge in [-0.2, -0.15) is 0 Å². The Hall–Kier alpha value is -0.120. The molecule has 6 nitrogen and oxygen atoms in total. The van der Waals surface area contributed by atoms with Crippen molar-refractivity contribution in [2.24, 2.45) is 10.9 Å². The van der Waals surface area contributed by atoms with Crippen LogP contribution in [0, 0.1) is 5.92 Å². The van der Waals surface area contributed by atoms with Gasteiger partial charge in [0.05, 0.1) is 6.61 Å². The number of guanidine groups is 1. The van der Waals surface area contributed by atoms with E-state index in [0.29, 0.717) is 18.1 Å². The molecule has 2 aliphatic rings. The Balaban J connectivity index is 0.00000392. The summed E-state index contributed by atoms with van der Waals surface area (Å²) in [5.74, 6) is 1.71. The van der Waals surface area contributed by atoms with Gasteiger partial charge in [0.1, 0.15) is 0 Å². The molecule has 2 saturated heterocycles. The molecule has 1 unspecified atom stereocenters. The van der Waals surface area contributed by atoms with Crippen LogP contribution < -0.4 is 10.6 Å². The number of nitrogens with one attached hydrogen (secondary N) is 2. The normalized spacial score (nSPS) is 22.1. The van der Waals surface area contributed by atoms with E-state index in [-0.39, 0.29) is 24.0 Å². The molecule has 2 aliphatic heterocycles. The molecule has 0 amide bonds. The van der Waals surface area contributed by atoms with E-state index in [9.17, 15) is 0 Å². The Morgan fingerprint density at radius 2 is 1.82 bits per heavy atom. The van der Waals surface area contributed by atoms with Gasteiger partial charge in [-0.25, -0.2) is 0 Å². The first-order valence-corrected chi connectivity index (χ1v) is 11.0. The molecule has 0 spiro atoms. The van der Waals surface area contributed by atoms with E-state index in [1.807, 2.05) is 7.05 Å². The summed E-state index contributed by atoms with van der Waals surface area (Å²) in [7, 11) is 1.87. The Labute approximate surface area is 190 Å². The lowest BCUT2D eigenvalue weighted by Gasteiger charge is -2.34. The minimum Gasteiger partial charge on any atom is -0.381 e. The third kappa shape index (κ3) is 9.13. The van der Waals surface area contributed by atoms with Crippen molar-refractivity contribution in [1.29, 1.82) is 0 Å². The fourth-order valence-corrected chi connectivity index (χ4v) is 4.32. The Morgan fingerprint density at radius 1 is 1.14 bits per heavy atom. The van der Waals surface area contributed by atoms with Gasteiger partial charge in [-0.15, -0.1) is 24.0 Å². The van der Waals surface area contributed by atoms with Gasteiger partial charge in [0.15, 0.2) is 5.96 Å². The summed E-state index contributed by atoms with van der Waals surface area (Å²) in [5.41, 5.74) is 0. The summed E-state index contributed by atoms with van der Waals surface area (Å²) < 4.78 is 5.51. The third-order valence-corrected chi connectivity index (χ3v) is 5.90. The van der Waals surface area contributed by atoms with Gasteiger partial charge < -0.3 is 20.3 Å². The molecule has 166 valence electrons. The van der Waals surface area contributed by atoms with Gasteiger partial charge in [0, 0.05) is 64.5 Å². The summed E-state index contributed by atoms with van der Waals surface area (Å²) in [6.45, 7) is 16.7. The summed E-state index contributed by atoms with van der Waals surface area (Å²) in [5, 5.41) is 7.13. The van der Waals surface area contributed by atoms with Crippen molar-refractivity contribution in [3.63, 3.8) is 0 Å². The summed E-state index contributed by atoms with van der Waals surface area (Å²) in [6.07, 6.45) is 4.77. The number of ether oxygens (including phenoxy) is 1. The second-order valence-electron chi connectivity index (χ2n) is 8.73. The molecule has 0 saturated carbocycles. The van der Waals surface area contributed by atoms with Gasteiger partial charge in [-0.1, -0.05) is 0 Å². The molecule has 0 aromatic rings. The zero-order chi connectivity index (χ0) is 19.6. The highest BCUT2D eigenvalue weighted by Gasteiger charge is 2.24. The zero-order valence-corrected chi connectivity index (χ0v) is 21.1. The quantitative estimate of drug-likeness (QED) is 0.217. The van der Waals surface area contributed by atoms with E-state index < -0.39 is 0 Å². The summed E-state index contributed by atoms with van der Waals surface area (Å²) >= 11 is 0. The predicted octanol–water partition coefficient (Wildman–Crippen LogP) is 2.78.